The molecule has 0 saturated heterocycles. The summed E-state index contributed by atoms with van der Waals surface area (Å²) in [7, 11) is 3.82. The van der Waals surface area contributed by atoms with Gasteiger partial charge in [-0.3, -0.25) is 0 Å². The predicted molar refractivity (Wildman–Crippen MR) is 87.0 cm³/mol. The monoisotopic (exact) mass is 311 g/mol. The van der Waals surface area contributed by atoms with E-state index in [4.69, 9.17) is 4.74 Å². The van der Waals surface area contributed by atoms with Gasteiger partial charge in [-0.15, -0.1) is 22.7 Å². The molecule has 2 aromatic heterocycles. The van der Waals surface area contributed by atoms with Crippen LogP contribution in [0.15, 0.2) is 23.7 Å². The molecule has 2 rings (SSSR count). The largest absolute Gasteiger partial charge is 0.383 e. The van der Waals surface area contributed by atoms with Crippen LogP contribution in [-0.4, -0.2) is 38.8 Å². The van der Waals surface area contributed by atoms with Crippen LogP contribution < -0.4 is 10.2 Å². The number of likely N-dealkylation sites (N-methyl/N-ethyl adjacent to an activating group) is 1. The van der Waals surface area contributed by atoms with Crippen LogP contribution in [0.3, 0.4) is 0 Å². The first kappa shape index (κ1) is 15.4. The first-order valence-corrected chi connectivity index (χ1v) is 8.37. The lowest BCUT2D eigenvalue weighted by Crippen LogP contribution is -2.19. The fraction of sp³-hybridized carbons (Fsp3) is 0.500. The van der Waals surface area contributed by atoms with Crippen LogP contribution in [0.25, 0.3) is 0 Å². The van der Waals surface area contributed by atoms with Crippen molar-refractivity contribution >= 4 is 27.8 Å². The molecule has 0 atom stereocenters. The molecule has 2 aromatic rings. The van der Waals surface area contributed by atoms with Crippen LogP contribution in [0.5, 0.6) is 0 Å². The lowest BCUT2D eigenvalue weighted by Gasteiger charge is -2.14. The molecule has 0 unspecified atom stereocenters. The summed E-state index contributed by atoms with van der Waals surface area (Å²) in [6.07, 6.45) is 3.04. The Morgan fingerprint density at radius 3 is 3.05 bits per heavy atom. The molecule has 0 aromatic carbocycles. The van der Waals surface area contributed by atoms with Gasteiger partial charge in [0, 0.05) is 49.7 Å². The van der Waals surface area contributed by atoms with Crippen molar-refractivity contribution in [2.45, 2.75) is 13.0 Å². The first-order chi connectivity index (χ1) is 9.79. The van der Waals surface area contributed by atoms with Gasteiger partial charge in [-0.05, 0) is 17.9 Å². The number of nitrogens with one attached hydrogen (secondary N) is 1. The zero-order chi connectivity index (χ0) is 14.2. The number of anilines is 1. The number of ether oxygens (including phenoxy) is 1. The Balaban J connectivity index is 1.75. The highest BCUT2D eigenvalue weighted by Gasteiger charge is 2.07. The minimum atomic E-state index is 0.742. The highest BCUT2D eigenvalue weighted by molar-refractivity contribution is 7.15. The van der Waals surface area contributed by atoms with Crippen molar-refractivity contribution in [2.24, 2.45) is 0 Å². The Labute approximate surface area is 128 Å². The zero-order valence-electron chi connectivity index (χ0n) is 12.0. The third kappa shape index (κ3) is 4.86. The van der Waals surface area contributed by atoms with Crippen LogP contribution in [0.1, 0.15) is 9.75 Å². The van der Waals surface area contributed by atoms with E-state index in [0.717, 1.165) is 37.8 Å². The average Bonchev–Trinajstić information content (AvgIpc) is 3.12. The van der Waals surface area contributed by atoms with Gasteiger partial charge in [-0.2, -0.15) is 0 Å². The molecule has 6 heteroatoms. The summed E-state index contributed by atoms with van der Waals surface area (Å²) in [6, 6.07) is 4.29. The molecular weight excluding hydrogens is 290 g/mol. The average molecular weight is 311 g/mol. The molecule has 4 nitrogen and oxygen atoms in total. The van der Waals surface area contributed by atoms with E-state index in [9.17, 15) is 0 Å². The molecule has 0 amide bonds. The first-order valence-electron chi connectivity index (χ1n) is 6.67. The quantitative estimate of drug-likeness (QED) is 0.722. The molecule has 0 radical (unpaired) electrons. The lowest BCUT2D eigenvalue weighted by atomic mass is 10.3. The van der Waals surface area contributed by atoms with Gasteiger partial charge < -0.3 is 15.0 Å². The molecule has 0 aliphatic carbocycles. The van der Waals surface area contributed by atoms with Crippen molar-refractivity contribution in [3.05, 3.63) is 33.5 Å². The summed E-state index contributed by atoms with van der Waals surface area (Å²) >= 11 is 3.57. The number of hydrogen-bond acceptors (Lipinski definition) is 6. The molecule has 0 spiro atoms. The van der Waals surface area contributed by atoms with E-state index in [1.807, 2.05) is 17.5 Å². The third-order valence-corrected chi connectivity index (χ3v) is 4.97. The van der Waals surface area contributed by atoms with Crippen LogP contribution in [0.2, 0.25) is 0 Å². The molecule has 2 heterocycles. The van der Waals surface area contributed by atoms with E-state index in [2.05, 4.69) is 39.8 Å². The summed E-state index contributed by atoms with van der Waals surface area (Å²) in [6.45, 7) is 3.48. The smallest absolute Gasteiger partial charge is 0.185 e. The van der Waals surface area contributed by atoms with Crippen LogP contribution in [0.4, 0.5) is 5.13 Å². The minimum Gasteiger partial charge on any atom is -0.383 e. The highest BCUT2D eigenvalue weighted by atomic mass is 32.1. The second kappa shape index (κ2) is 8.36. The summed E-state index contributed by atoms with van der Waals surface area (Å²) in [5.74, 6) is 0. The fourth-order valence-electron chi connectivity index (χ4n) is 1.77. The van der Waals surface area contributed by atoms with E-state index in [0.29, 0.717) is 0 Å². The van der Waals surface area contributed by atoms with Crippen molar-refractivity contribution in [3.8, 4) is 0 Å². The SMILES string of the molecule is COCCNCc1cnc(N(C)CCc2cccs2)s1. The van der Waals surface area contributed by atoms with Crippen molar-refractivity contribution in [2.75, 3.05) is 38.8 Å². The minimum absolute atomic E-state index is 0.742. The van der Waals surface area contributed by atoms with Gasteiger partial charge >= 0.3 is 0 Å². The molecule has 0 fully saturated rings. The number of methoxy groups -OCH3 is 1. The van der Waals surface area contributed by atoms with Crippen molar-refractivity contribution in [1.82, 2.24) is 10.3 Å². The van der Waals surface area contributed by atoms with Gasteiger partial charge in [0.05, 0.1) is 6.61 Å². The normalized spacial score (nSPS) is 10.9. The van der Waals surface area contributed by atoms with E-state index in [-0.39, 0.29) is 0 Å². The van der Waals surface area contributed by atoms with Gasteiger partial charge in [0.15, 0.2) is 5.13 Å². The Morgan fingerprint density at radius 1 is 1.40 bits per heavy atom. The molecule has 20 heavy (non-hydrogen) atoms. The van der Waals surface area contributed by atoms with Gasteiger partial charge in [0.25, 0.3) is 0 Å². The van der Waals surface area contributed by atoms with Gasteiger partial charge in [-0.1, -0.05) is 6.07 Å². The van der Waals surface area contributed by atoms with Crippen molar-refractivity contribution < 1.29 is 4.74 Å². The van der Waals surface area contributed by atoms with Gasteiger partial charge in [-0.25, -0.2) is 4.98 Å². The molecular formula is C14H21N3OS2. The second-order valence-electron chi connectivity index (χ2n) is 4.53. The Kier molecular flexibility index (Phi) is 6.46. The number of aromatic nitrogens is 1. The summed E-state index contributed by atoms with van der Waals surface area (Å²) in [5, 5.41) is 6.55. The number of thiophene rings is 1. The molecule has 0 bridgehead atoms. The van der Waals surface area contributed by atoms with E-state index >= 15 is 0 Å². The van der Waals surface area contributed by atoms with Crippen LogP contribution in [-0.2, 0) is 17.7 Å². The molecule has 0 aliphatic rings. The van der Waals surface area contributed by atoms with E-state index in [1.54, 1.807) is 18.4 Å². The topological polar surface area (TPSA) is 37.4 Å². The van der Waals surface area contributed by atoms with Crippen molar-refractivity contribution in [3.63, 3.8) is 0 Å². The summed E-state index contributed by atoms with van der Waals surface area (Å²) < 4.78 is 5.01. The molecule has 0 saturated carbocycles. The summed E-state index contributed by atoms with van der Waals surface area (Å²) in [5.41, 5.74) is 0. The number of thiazole rings is 1. The Bertz CT molecular complexity index is 484. The lowest BCUT2D eigenvalue weighted by molar-refractivity contribution is 0.199. The number of rotatable bonds is 9. The standard InChI is InChI=1S/C14H21N3OS2/c1-17(7-5-12-4-3-9-19-12)14-16-11-13(20-14)10-15-6-8-18-2/h3-4,9,11,15H,5-8,10H2,1-2H3. The Hall–Kier alpha value is -0.950. The zero-order valence-corrected chi connectivity index (χ0v) is 13.6. The molecule has 1 N–H and O–H groups in total. The highest BCUT2D eigenvalue weighted by Crippen LogP contribution is 2.22. The van der Waals surface area contributed by atoms with Gasteiger partial charge in [0.1, 0.15) is 0 Å². The maximum Gasteiger partial charge on any atom is 0.185 e. The van der Waals surface area contributed by atoms with Gasteiger partial charge in [0.2, 0.25) is 0 Å². The second-order valence-corrected chi connectivity index (χ2v) is 6.66. The molecule has 110 valence electrons. The fourth-order valence-corrected chi connectivity index (χ4v) is 3.33. The summed E-state index contributed by atoms with van der Waals surface area (Å²) in [4.78, 5) is 9.41. The van der Waals surface area contributed by atoms with E-state index < -0.39 is 0 Å². The van der Waals surface area contributed by atoms with Crippen LogP contribution >= 0.6 is 22.7 Å². The number of hydrogen-bond donors (Lipinski definition) is 1. The maximum atomic E-state index is 5.01. The third-order valence-electron chi connectivity index (χ3n) is 2.92. The van der Waals surface area contributed by atoms with Crippen molar-refractivity contribution in [1.29, 1.82) is 0 Å². The maximum absolute atomic E-state index is 5.01. The Morgan fingerprint density at radius 2 is 2.30 bits per heavy atom. The predicted octanol–water partition coefficient (Wildman–Crippen LogP) is 2.62. The van der Waals surface area contributed by atoms with E-state index in [1.165, 1.54) is 9.75 Å². The molecule has 0 aliphatic heterocycles. The van der Waals surface area contributed by atoms with Crippen LogP contribution in [0, 0.1) is 0 Å². The number of nitrogens with zero attached hydrogens (tertiary/aromatic N) is 2.